The van der Waals surface area contributed by atoms with Crippen molar-refractivity contribution in [1.82, 2.24) is 0 Å². The van der Waals surface area contributed by atoms with Gasteiger partial charge in [-0.15, -0.1) is 11.3 Å². The molecule has 3 N–H and O–H groups in total. The van der Waals surface area contributed by atoms with E-state index in [-0.39, 0.29) is 0 Å². The number of aliphatic imine (C=N–C) groups is 1. The van der Waals surface area contributed by atoms with Crippen LogP contribution in [0.4, 0.5) is 22.1 Å². The quantitative estimate of drug-likeness (QED) is 0.620. The van der Waals surface area contributed by atoms with Crippen LogP contribution in [0.15, 0.2) is 29.3 Å². The molecule has 4 heteroatoms. The molecule has 1 aliphatic rings. The molecular weight excluding hydrogens is 218 g/mol. The van der Waals surface area contributed by atoms with Gasteiger partial charge in [0.15, 0.2) is 0 Å². The van der Waals surface area contributed by atoms with Crippen LogP contribution in [0.2, 0.25) is 0 Å². The lowest BCUT2D eigenvalue weighted by Gasteiger charge is -2.04. The molecule has 3 nitrogen and oxygen atoms in total. The molecule has 2 heterocycles. The van der Waals surface area contributed by atoms with Gasteiger partial charge >= 0.3 is 0 Å². The molecule has 1 aromatic heterocycles. The number of anilines is 3. The number of nitrogens with two attached hydrogens (primary N) is 1. The SMILES string of the molecule is Cc1sc2c(c1N)C=Nc1ccccc1N2. The molecule has 16 heavy (non-hydrogen) atoms. The molecule has 1 aliphatic heterocycles. The molecule has 0 saturated carbocycles. The summed E-state index contributed by atoms with van der Waals surface area (Å²) in [5.74, 6) is 0. The first-order valence-corrected chi connectivity index (χ1v) is 5.86. The first-order chi connectivity index (χ1) is 7.75. The zero-order valence-electron chi connectivity index (χ0n) is 8.82. The van der Waals surface area contributed by atoms with Gasteiger partial charge in [0.1, 0.15) is 5.00 Å². The summed E-state index contributed by atoms with van der Waals surface area (Å²) in [5.41, 5.74) is 9.80. The highest BCUT2D eigenvalue weighted by Crippen LogP contribution is 2.40. The van der Waals surface area contributed by atoms with Crippen LogP contribution in [-0.4, -0.2) is 6.21 Å². The van der Waals surface area contributed by atoms with Crippen molar-refractivity contribution >= 4 is 39.6 Å². The zero-order chi connectivity index (χ0) is 11.1. The Balaban J connectivity index is 2.20. The summed E-state index contributed by atoms with van der Waals surface area (Å²) in [5, 5.41) is 4.45. The summed E-state index contributed by atoms with van der Waals surface area (Å²) in [6, 6.07) is 7.98. The van der Waals surface area contributed by atoms with Gasteiger partial charge in [-0.1, -0.05) is 12.1 Å². The lowest BCUT2D eigenvalue weighted by Crippen LogP contribution is -1.92. The van der Waals surface area contributed by atoms with Crippen molar-refractivity contribution in [2.75, 3.05) is 11.1 Å². The van der Waals surface area contributed by atoms with E-state index >= 15 is 0 Å². The van der Waals surface area contributed by atoms with Gasteiger partial charge in [-0.2, -0.15) is 0 Å². The van der Waals surface area contributed by atoms with E-state index < -0.39 is 0 Å². The number of nitrogens with one attached hydrogen (secondary N) is 1. The molecule has 0 unspecified atom stereocenters. The molecule has 0 saturated heterocycles. The zero-order valence-corrected chi connectivity index (χ0v) is 9.64. The third-order valence-electron chi connectivity index (χ3n) is 2.65. The fourth-order valence-corrected chi connectivity index (χ4v) is 2.70. The largest absolute Gasteiger partial charge is 0.397 e. The van der Waals surface area contributed by atoms with Crippen molar-refractivity contribution in [3.63, 3.8) is 0 Å². The summed E-state index contributed by atoms with van der Waals surface area (Å²) in [6.45, 7) is 2.02. The van der Waals surface area contributed by atoms with Crippen LogP contribution in [0.3, 0.4) is 0 Å². The Bertz CT molecular complexity index is 584. The molecule has 0 radical (unpaired) electrons. The molecule has 1 aromatic carbocycles. The molecule has 0 amide bonds. The van der Waals surface area contributed by atoms with Gasteiger partial charge in [0, 0.05) is 11.1 Å². The van der Waals surface area contributed by atoms with Crippen molar-refractivity contribution in [3.8, 4) is 0 Å². The number of hydrogen-bond acceptors (Lipinski definition) is 4. The molecular formula is C12H11N3S. The van der Waals surface area contributed by atoms with Crippen molar-refractivity contribution in [2.24, 2.45) is 4.99 Å². The number of hydrogen-bond donors (Lipinski definition) is 2. The summed E-state index contributed by atoms with van der Waals surface area (Å²) < 4.78 is 0. The topological polar surface area (TPSA) is 50.4 Å². The summed E-state index contributed by atoms with van der Waals surface area (Å²) in [4.78, 5) is 5.57. The maximum Gasteiger partial charge on any atom is 0.104 e. The number of aryl methyl sites for hydroxylation is 1. The lowest BCUT2D eigenvalue weighted by molar-refractivity contribution is 1.53. The van der Waals surface area contributed by atoms with Crippen LogP contribution in [-0.2, 0) is 0 Å². The highest BCUT2D eigenvalue weighted by atomic mass is 32.1. The normalized spacial score (nSPS) is 12.6. The molecule has 80 valence electrons. The van der Waals surface area contributed by atoms with Gasteiger partial charge in [-0.3, -0.25) is 4.99 Å². The van der Waals surface area contributed by atoms with Gasteiger partial charge in [0.05, 0.1) is 22.6 Å². The van der Waals surface area contributed by atoms with Crippen LogP contribution < -0.4 is 11.1 Å². The number of thiophene rings is 1. The van der Waals surface area contributed by atoms with Gasteiger partial charge in [-0.25, -0.2) is 0 Å². The number of fused-ring (bicyclic) bond motifs is 2. The van der Waals surface area contributed by atoms with E-state index in [0.717, 1.165) is 32.5 Å². The van der Waals surface area contributed by atoms with Gasteiger partial charge < -0.3 is 11.1 Å². The van der Waals surface area contributed by atoms with Crippen molar-refractivity contribution < 1.29 is 0 Å². The Hall–Kier alpha value is -1.81. The van der Waals surface area contributed by atoms with Crippen molar-refractivity contribution in [2.45, 2.75) is 6.92 Å². The Kier molecular flexibility index (Phi) is 1.97. The number of nitrogens with zero attached hydrogens (tertiary/aromatic N) is 1. The molecule has 0 fully saturated rings. The second-order valence-electron chi connectivity index (χ2n) is 3.72. The van der Waals surface area contributed by atoms with E-state index in [2.05, 4.69) is 10.3 Å². The van der Waals surface area contributed by atoms with E-state index in [0.29, 0.717) is 0 Å². The fraction of sp³-hybridized carbons (Fsp3) is 0.0833. The first kappa shape index (κ1) is 9.42. The van der Waals surface area contributed by atoms with Gasteiger partial charge in [0.2, 0.25) is 0 Å². The van der Waals surface area contributed by atoms with Crippen LogP contribution in [0.25, 0.3) is 0 Å². The molecule has 0 bridgehead atoms. The maximum atomic E-state index is 6.01. The Labute approximate surface area is 97.6 Å². The van der Waals surface area contributed by atoms with Crippen LogP contribution in [0.5, 0.6) is 0 Å². The van der Waals surface area contributed by atoms with Crippen LogP contribution >= 0.6 is 11.3 Å². The lowest BCUT2D eigenvalue weighted by atomic mass is 10.2. The second kappa shape index (κ2) is 3.35. The predicted molar refractivity (Wildman–Crippen MR) is 70.4 cm³/mol. The minimum atomic E-state index is 0.823. The molecule has 0 atom stereocenters. The maximum absolute atomic E-state index is 6.01. The highest BCUT2D eigenvalue weighted by Gasteiger charge is 2.15. The Morgan fingerprint density at radius 1 is 1.31 bits per heavy atom. The molecule has 0 aliphatic carbocycles. The van der Waals surface area contributed by atoms with Crippen LogP contribution in [0.1, 0.15) is 10.4 Å². The van der Waals surface area contributed by atoms with Crippen LogP contribution in [0, 0.1) is 6.92 Å². The summed E-state index contributed by atoms with van der Waals surface area (Å²) >= 11 is 1.67. The minimum Gasteiger partial charge on any atom is -0.397 e. The molecule has 2 aromatic rings. The summed E-state index contributed by atoms with van der Waals surface area (Å²) in [7, 11) is 0. The minimum absolute atomic E-state index is 0.823. The molecule has 3 rings (SSSR count). The number of rotatable bonds is 0. The molecule has 0 spiro atoms. The third kappa shape index (κ3) is 1.31. The fourth-order valence-electron chi connectivity index (χ4n) is 1.74. The Morgan fingerprint density at radius 3 is 3.00 bits per heavy atom. The predicted octanol–water partition coefficient (Wildman–Crippen LogP) is 3.45. The summed E-state index contributed by atoms with van der Waals surface area (Å²) in [6.07, 6.45) is 1.84. The smallest absolute Gasteiger partial charge is 0.104 e. The first-order valence-electron chi connectivity index (χ1n) is 5.04. The average molecular weight is 229 g/mol. The van der Waals surface area contributed by atoms with E-state index in [1.54, 1.807) is 11.3 Å². The highest BCUT2D eigenvalue weighted by molar-refractivity contribution is 7.17. The van der Waals surface area contributed by atoms with Gasteiger partial charge in [0.25, 0.3) is 0 Å². The third-order valence-corrected chi connectivity index (χ3v) is 3.71. The van der Waals surface area contributed by atoms with E-state index in [1.807, 2.05) is 37.4 Å². The monoisotopic (exact) mass is 229 g/mol. The van der Waals surface area contributed by atoms with E-state index in [9.17, 15) is 0 Å². The number of para-hydroxylation sites is 2. The number of nitrogen functional groups attached to an aromatic ring is 1. The van der Waals surface area contributed by atoms with Crippen molar-refractivity contribution in [3.05, 3.63) is 34.7 Å². The van der Waals surface area contributed by atoms with Crippen molar-refractivity contribution in [1.29, 1.82) is 0 Å². The number of benzene rings is 1. The standard InChI is InChI=1S/C12H11N3S/c1-7-11(13)8-6-14-9-4-2-3-5-10(9)15-12(8)16-7/h2-6,15H,13H2,1H3. The van der Waals surface area contributed by atoms with E-state index in [4.69, 9.17) is 5.73 Å². The Morgan fingerprint density at radius 2 is 2.12 bits per heavy atom. The average Bonchev–Trinajstić information content (AvgIpc) is 2.49. The van der Waals surface area contributed by atoms with Gasteiger partial charge in [-0.05, 0) is 19.1 Å². The van der Waals surface area contributed by atoms with E-state index in [1.165, 1.54) is 0 Å². The second-order valence-corrected chi connectivity index (χ2v) is 4.94.